The minimum Gasteiger partial charge on any atom is -0.466 e. The van der Waals surface area contributed by atoms with Crippen LogP contribution in [0.2, 0.25) is 0 Å². The Hall–Kier alpha value is -1.00. The van der Waals surface area contributed by atoms with Crippen molar-refractivity contribution in [1.82, 2.24) is 9.80 Å². The molecule has 1 aromatic heterocycles. The molecule has 1 aromatic rings. The van der Waals surface area contributed by atoms with E-state index in [2.05, 4.69) is 4.90 Å². The van der Waals surface area contributed by atoms with E-state index in [0.717, 1.165) is 38.5 Å². The quantitative estimate of drug-likeness (QED) is 0.787. The van der Waals surface area contributed by atoms with E-state index in [-0.39, 0.29) is 5.91 Å². The summed E-state index contributed by atoms with van der Waals surface area (Å²) in [7, 11) is 0. The van der Waals surface area contributed by atoms with Gasteiger partial charge in [-0.25, -0.2) is 0 Å². The van der Waals surface area contributed by atoms with Crippen molar-refractivity contribution in [3.05, 3.63) is 23.2 Å². The number of furan rings is 1. The fourth-order valence-electron chi connectivity index (χ4n) is 2.31. The normalized spacial score (nSPS) is 17.2. The SMILES string of the molecule is Cc1cc(C(=O)N2CCN(CCCl)CC2)c(C)o1. The third-order valence-corrected chi connectivity index (χ3v) is 3.50. The fourth-order valence-corrected chi connectivity index (χ4v) is 2.55. The maximum absolute atomic E-state index is 12.3. The first-order valence-electron chi connectivity index (χ1n) is 6.26. The molecule has 5 heteroatoms. The van der Waals surface area contributed by atoms with Gasteiger partial charge in [-0.3, -0.25) is 9.69 Å². The molecular weight excluding hydrogens is 252 g/mol. The first kappa shape index (κ1) is 13.4. The maximum Gasteiger partial charge on any atom is 0.257 e. The van der Waals surface area contributed by atoms with Crippen LogP contribution in [-0.4, -0.2) is 54.3 Å². The van der Waals surface area contributed by atoms with E-state index in [1.165, 1.54) is 0 Å². The summed E-state index contributed by atoms with van der Waals surface area (Å²) in [5, 5.41) is 0. The minimum absolute atomic E-state index is 0.0786. The van der Waals surface area contributed by atoms with Crippen LogP contribution < -0.4 is 0 Å². The van der Waals surface area contributed by atoms with E-state index in [4.69, 9.17) is 16.0 Å². The molecule has 0 radical (unpaired) electrons. The molecule has 0 saturated carbocycles. The lowest BCUT2D eigenvalue weighted by Gasteiger charge is -2.34. The lowest BCUT2D eigenvalue weighted by atomic mass is 10.2. The first-order chi connectivity index (χ1) is 8.61. The zero-order valence-corrected chi connectivity index (χ0v) is 11.7. The van der Waals surface area contributed by atoms with Crippen molar-refractivity contribution in [3.8, 4) is 0 Å². The molecule has 0 bridgehead atoms. The van der Waals surface area contributed by atoms with E-state index in [0.29, 0.717) is 17.2 Å². The zero-order chi connectivity index (χ0) is 13.1. The van der Waals surface area contributed by atoms with Crippen LogP contribution in [0, 0.1) is 13.8 Å². The highest BCUT2D eigenvalue weighted by atomic mass is 35.5. The second-order valence-electron chi connectivity index (χ2n) is 4.65. The molecule has 0 spiro atoms. The van der Waals surface area contributed by atoms with Gasteiger partial charge >= 0.3 is 0 Å². The number of carbonyl (C=O) groups is 1. The third-order valence-electron chi connectivity index (χ3n) is 3.33. The highest BCUT2D eigenvalue weighted by Crippen LogP contribution is 2.17. The number of hydrogen-bond acceptors (Lipinski definition) is 3. The summed E-state index contributed by atoms with van der Waals surface area (Å²) >= 11 is 5.72. The number of piperazine rings is 1. The summed E-state index contributed by atoms with van der Waals surface area (Å²) < 4.78 is 5.41. The Labute approximate surface area is 112 Å². The monoisotopic (exact) mass is 270 g/mol. The molecule has 0 aromatic carbocycles. The van der Waals surface area contributed by atoms with Crippen molar-refractivity contribution in [1.29, 1.82) is 0 Å². The number of alkyl halides is 1. The summed E-state index contributed by atoms with van der Waals surface area (Å²) in [4.78, 5) is 16.5. The molecule has 4 nitrogen and oxygen atoms in total. The number of hydrogen-bond donors (Lipinski definition) is 0. The van der Waals surface area contributed by atoms with Crippen molar-refractivity contribution in [2.75, 3.05) is 38.6 Å². The molecule has 18 heavy (non-hydrogen) atoms. The van der Waals surface area contributed by atoms with Crippen molar-refractivity contribution < 1.29 is 9.21 Å². The second-order valence-corrected chi connectivity index (χ2v) is 5.03. The van der Waals surface area contributed by atoms with Crippen LogP contribution in [0.1, 0.15) is 21.9 Å². The second kappa shape index (κ2) is 5.76. The topological polar surface area (TPSA) is 36.7 Å². The molecule has 1 fully saturated rings. The molecule has 0 atom stereocenters. The predicted octanol–water partition coefficient (Wildman–Crippen LogP) is 1.89. The summed E-state index contributed by atoms with van der Waals surface area (Å²) in [6.45, 7) is 7.92. The molecule has 0 N–H and O–H groups in total. The summed E-state index contributed by atoms with van der Waals surface area (Å²) in [6, 6.07) is 1.82. The summed E-state index contributed by atoms with van der Waals surface area (Å²) in [5.41, 5.74) is 0.693. The van der Waals surface area contributed by atoms with Crippen LogP contribution in [0.25, 0.3) is 0 Å². The van der Waals surface area contributed by atoms with Gasteiger partial charge in [-0.2, -0.15) is 0 Å². The minimum atomic E-state index is 0.0786. The third kappa shape index (κ3) is 2.87. The predicted molar refractivity (Wildman–Crippen MR) is 71.2 cm³/mol. The van der Waals surface area contributed by atoms with Crippen LogP contribution in [0.4, 0.5) is 0 Å². The van der Waals surface area contributed by atoms with Gasteiger partial charge in [-0.05, 0) is 19.9 Å². The van der Waals surface area contributed by atoms with Crippen molar-refractivity contribution in [2.45, 2.75) is 13.8 Å². The van der Waals surface area contributed by atoms with Crippen LogP contribution in [0.5, 0.6) is 0 Å². The van der Waals surface area contributed by atoms with Crippen molar-refractivity contribution in [3.63, 3.8) is 0 Å². The largest absolute Gasteiger partial charge is 0.466 e. The maximum atomic E-state index is 12.3. The van der Waals surface area contributed by atoms with E-state index in [1.54, 1.807) is 0 Å². The van der Waals surface area contributed by atoms with Gasteiger partial charge in [0.05, 0.1) is 5.56 Å². The van der Waals surface area contributed by atoms with E-state index < -0.39 is 0 Å². The Morgan fingerprint density at radius 1 is 1.33 bits per heavy atom. The summed E-state index contributed by atoms with van der Waals surface area (Å²) in [5.74, 6) is 2.22. The van der Waals surface area contributed by atoms with Gasteiger partial charge in [-0.15, -0.1) is 11.6 Å². The molecule has 1 saturated heterocycles. The standard InChI is InChI=1S/C13H19ClN2O2/c1-10-9-12(11(2)18-10)13(17)16-7-5-15(4-3-14)6-8-16/h9H,3-8H2,1-2H3. The van der Waals surface area contributed by atoms with E-state index in [1.807, 2.05) is 24.8 Å². The van der Waals surface area contributed by atoms with Crippen molar-refractivity contribution in [2.24, 2.45) is 0 Å². The molecular formula is C13H19ClN2O2. The highest BCUT2D eigenvalue weighted by molar-refractivity contribution is 6.18. The molecule has 0 unspecified atom stereocenters. The molecule has 100 valence electrons. The average molecular weight is 271 g/mol. The van der Waals surface area contributed by atoms with E-state index in [9.17, 15) is 4.79 Å². The van der Waals surface area contributed by atoms with Gasteiger partial charge < -0.3 is 9.32 Å². The average Bonchev–Trinajstić information content (AvgIpc) is 2.69. The Balaban J connectivity index is 1.97. The van der Waals surface area contributed by atoms with Gasteiger partial charge in [-0.1, -0.05) is 0 Å². The highest BCUT2D eigenvalue weighted by Gasteiger charge is 2.24. The number of rotatable bonds is 3. The molecule has 0 aliphatic carbocycles. The molecule has 1 aliphatic heterocycles. The van der Waals surface area contributed by atoms with Gasteiger partial charge in [0.1, 0.15) is 11.5 Å². The first-order valence-corrected chi connectivity index (χ1v) is 6.80. The summed E-state index contributed by atoms with van der Waals surface area (Å²) in [6.07, 6.45) is 0. The molecule has 2 heterocycles. The Kier molecular flexibility index (Phi) is 4.30. The number of aryl methyl sites for hydroxylation is 2. The van der Waals surface area contributed by atoms with Gasteiger partial charge in [0, 0.05) is 38.6 Å². The Morgan fingerprint density at radius 2 is 2.00 bits per heavy atom. The molecule has 2 rings (SSSR count). The Morgan fingerprint density at radius 3 is 2.50 bits per heavy atom. The smallest absolute Gasteiger partial charge is 0.257 e. The number of amides is 1. The zero-order valence-electron chi connectivity index (χ0n) is 10.9. The van der Waals surface area contributed by atoms with Crippen molar-refractivity contribution >= 4 is 17.5 Å². The lowest BCUT2D eigenvalue weighted by Crippen LogP contribution is -2.49. The van der Waals surface area contributed by atoms with Crippen LogP contribution in [0.3, 0.4) is 0 Å². The molecule has 1 amide bonds. The fraction of sp³-hybridized carbons (Fsp3) is 0.615. The molecule has 1 aliphatic rings. The van der Waals surface area contributed by atoms with Crippen LogP contribution in [-0.2, 0) is 0 Å². The lowest BCUT2D eigenvalue weighted by molar-refractivity contribution is 0.0642. The Bertz CT molecular complexity index is 423. The van der Waals surface area contributed by atoms with Gasteiger partial charge in [0.25, 0.3) is 5.91 Å². The van der Waals surface area contributed by atoms with Crippen LogP contribution >= 0.6 is 11.6 Å². The van der Waals surface area contributed by atoms with Crippen LogP contribution in [0.15, 0.2) is 10.5 Å². The number of halogens is 1. The van der Waals surface area contributed by atoms with Gasteiger partial charge in [0.2, 0.25) is 0 Å². The number of carbonyl (C=O) groups excluding carboxylic acids is 1. The van der Waals surface area contributed by atoms with E-state index >= 15 is 0 Å². The van der Waals surface area contributed by atoms with Gasteiger partial charge in [0.15, 0.2) is 0 Å². The number of nitrogens with zero attached hydrogens (tertiary/aromatic N) is 2.